The van der Waals surface area contributed by atoms with Crippen LogP contribution in [0.5, 0.6) is 0 Å². The van der Waals surface area contributed by atoms with Crippen LogP contribution < -0.4 is 30.7 Å². The molecule has 5 amide bonds. The summed E-state index contributed by atoms with van der Waals surface area (Å²) in [4.78, 5) is 85.5. The summed E-state index contributed by atoms with van der Waals surface area (Å²) >= 11 is 0. The minimum Gasteiger partial charge on any atom is -0.384 e. The van der Waals surface area contributed by atoms with Crippen molar-refractivity contribution >= 4 is 52.5 Å². The van der Waals surface area contributed by atoms with Crippen molar-refractivity contribution in [3.63, 3.8) is 0 Å². The van der Waals surface area contributed by atoms with E-state index < -0.39 is 46.8 Å². The average molecular weight is 922 g/mol. The smallest absolute Gasteiger partial charge is 0.264 e. The zero-order chi connectivity index (χ0) is 46.7. The molecular weight excluding hydrogens is 861 g/mol. The van der Waals surface area contributed by atoms with Crippen LogP contribution in [0.4, 0.5) is 31.8 Å². The first-order valence-electron chi connectivity index (χ1n) is 24.1. The van der Waals surface area contributed by atoms with E-state index in [0.29, 0.717) is 56.8 Å². The van der Waals surface area contributed by atoms with Crippen LogP contribution in [0.2, 0.25) is 0 Å². The fourth-order valence-corrected chi connectivity index (χ4v) is 11.6. The number of hydrogen-bond acceptors (Lipinski definition) is 13. The molecule has 2 aromatic carbocycles. The normalized spacial score (nSPS) is 25.4. The molecule has 7 aliphatic rings. The number of carbonyl (C=O) groups is 5. The zero-order valence-corrected chi connectivity index (χ0v) is 38.6. The largest absolute Gasteiger partial charge is 0.384 e. The molecule has 0 saturated carbocycles. The molecule has 18 heteroatoms. The Morgan fingerprint density at radius 1 is 0.761 bits per heavy atom. The van der Waals surface area contributed by atoms with Gasteiger partial charge in [0.25, 0.3) is 11.8 Å². The van der Waals surface area contributed by atoms with Crippen molar-refractivity contribution < 1.29 is 32.8 Å². The van der Waals surface area contributed by atoms with E-state index in [1.165, 1.54) is 12.1 Å². The molecule has 3 aromatic rings. The van der Waals surface area contributed by atoms with Gasteiger partial charge in [0.2, 0.25) is 17.7 Å². The third-order valence-corrected chi connectivity index (χ3v) is 15.7. The van der Waals surface area contributed by atoms with E-state index in [0.717, 1.165) is 94.5 Å². The quantitative estimate of drug-likeness (QED) is 0.186. The average Bonchev–Trinajstić information content (AvgIpc) is 3.99. The lowest BCUT2D eigenvalue weighted by atomic mass is 9.82. The van der Waals surface area contributed by atoms with E-state index in [1.54, 1.807) is 29.4 Å². The Hall–Kier alpha value is -5.75. The number of nitrogens with one attached hydrogen (secondary N) is 3. The number of carbonyl (C=O) groups excluding carboxylic acids is 5. The molecule has 1 unspecified atom stereocenters. The van der Waals surface area contributed by atoms with Gasteiger partial charge in [-0.1, -0.05) is 19.9 Å². The monoisotopic (exact) mass is 921 g/mol. The first-order valence-corrected chi connectivity index (χ1v) is 24.1. The summed E-state index contributed by atoms with van der Waals surface area (Å²) in [6.45, 7) is 13.5. The van der Waals surface area contributed by atoms with Gasteiger partial charge in [0.15, 0.2) is 0 Å². The van der Waals surface area contributed by atoms with Crippen LogP contribution in [0.3, 0.4) is 0 Å². The van der Waals surface area contributed by atoms with Gasteiger partial charge in [-0.25, -0.2) is 18.7 Å². The maximum atomic E-state index is 15.8. The zero-order valence-electron chi connectivity index (χ0n) is 38.6. The Morgan fingerprint density at radius 2 is 1.49 bits per heavy atom. The predicted molar refractivity (Wildman–Crippen MR) is 248 cm³/mol. The number of likely N-dealkylation sites (tertiary alicyclic amines) is 2. The summed E-state index contributed by atoms with van der Waals surface area (Å²) in [5, 5.41) is 8.84. The van der Waals surface area contributed by atoms with Crippen LogP contribution in [0.25, 0.3) is 0 Å². The molecule has 8 heterocycles. The van der Waals surface area contributed by atoms with Crippen molar-refractivity contribution in [3.05, 3.63) is 71.1 Å². The predicted octanol–water partition coefficient (Wildman–Crippen LogP) is 4.16. The summed E-state index contributed by atoms with van der Waals surface area (Å²) < 4.78 is 31.3. The standard InChI is InChI=1S/C49H61F2N11O5/c1-47(2)9-17-57(18-10-47)26-32-23-35(51)38(24-34(32)50)61-27-42(64)56-49(30-61)13-21-59(22-14-49)39-25-40(54-31-53-39)60-20-12-48(29-60)11-19-58(28-48)16-4-15-52-36-6-3-5-33-43(36)46(67)62(45(33)66)37-7-8-41(63)55-44(37)65/h3,5-6,23-25,31,37,52H,4,7-22,26-30H2,1-2H3,(H,56,64)(H,55,63,65)/t37?,48-/m1/s1. The minimum atomic E-state index is -1.01. The van der Waals surface area contributed by atoms with Gasteiger partial charge in [-0.3, -0.25) is 39.1 Å². The lowest BCUT2D eigenvalue weighted by Gasteiger charge is -2.48. The number of aromatic nitrogens is 2. The number of rotatable bonds is 11. The number of benzene rings is 2. The number of anilines is 4. The lowest BCUT2D eigenvalue weighted by Crippen LogP contribution is -2.66. The SMILES string of the molecule is CC1(C)CCN(Cc2cc(F)c(N3CC(=O)NC4(CCN(c5cc(N6CC[C@@]7(CCN(CCCNc8cccc9c8C(=O)N(C8CCC(=O)NC8=O)C9=O)C7)C6)ncn5)CC4)C3)cc2F)CC1. The van der Waals surface area contributed by atoms with Crippen LogP contribution in [0.1, 0.15) is 97.9 Å². The summed E-state index contributed by atoms with van der Waals surface area (Å²) in [5.41, 5.74) is 1.43. The highest BCUT2D eigenvalue weighted by atomic mass is 19.1. The number of imide groups is 2. The van der Waals surface area contributed by atoms with Gasteiger partial charge < -0.3 is 30.2 Å². The van der Waals surface area contributed by atoms with Crippen molar-refractivity contribution in [1.29, 1.82) is 0 Å². The number of piperidine rings is 3. The number of fused-ring (bicyclic) bond motifs is 1. The third-order valence-electron chi connectivity index (χ3n) is 15.7. The molecule has 6 saturated heterocycles. The second-order valence-electron chi connectivity index (χ2n) is 20.9. The van der Waals surface area contributed by atoms with Crippen molar-refractivity contribution in [1.82, 2.24) is 35.3 Å². The molecule has 0 aliphatic carbocycles. The fourth-order valence-electron chi connectivity index (χ4n) is 11.6. The molecule has 10 rings (SSSR count). The molecule has 3 N–H and O–H groups in total. The topological polar surface area (TPSA) is 167 Å². The molecule has 67 heavy (non-hydrogen) atoms. The molecule has 1 aromatic heterocycles. The number of hydrogen-bond donors (Lipinski definition) is 3. The summed E-state index contributed by atoms with van der Waals surface area (Å²) in [7, 11) is 0. The highest BCUT2D eigenvalue weighted by Crippen LogP contribution is 2.42. The van der Waals surface area contributed by atoms with Crippen molar-refractivity contribution in [2.45, 2.75) is 89.8 Å². The van der Waals surface area contributed by atoms with Crippen LogP contribution in [0.15, 0.2) is 42.7 Å². The van der Waals surface area contributed by atoms with Gasteiger partial charge >= 0.3 is 0 Å². The van der Waals surface area contributed by atoms with E-state index in [9.17, 15) is 24.0 Å². The molecule has 16 nitrogen and oxygen atoms in total. The highest BCUT2D eigenvalue weighted by Gasteiger charge is 2.47. The molecule has 0 bridgehead atoms. The Labute approximate surface area is 389 Å². The van der Waals surface area contributed by atoms with E-state index in [4.69, 9.17) is 4.98 Å². The molecule has 356 valence electrons. The third kappa shape index (κ3) is 9.06. The minimum absolute atomic E-state index is 0.0248. The Morgan fingerprint density at radius 3 is 2.27 bits per heavy atom. The van der Waals surface area contributed by atoms with Crippen molar-refractivity contribution in [2.75, 3.05) is 98.6 Å². The fraction of sp³-hybridized carbons (Fsp3) is 0.571. The molecule has 6 fully saturated rings. The number of amides is 5. The van der Waals surface area contributed by atoms with Crippen LogP contribution in [0, 0.1) is 22.5 Å². The second kappa shape index (κ2) is 17.7. The van der Waals surface area contributed by atoms with Crippen LogP contribution in [-0.4, -0.2) is 144 Å². The first-order chi connectivity index (χ1) is 32.2. The highest BCUT2D eigenvalue weighted by molar-refractivity contribution is 6.25. The van der Waals surface area contributed by atoms with E-state index in [2.05, 4.69) is 60.4 Å². The Balaban J connectivity index is 0.701. The van der Waals surface area contributed by atoms with E-state index in [-0.39, 0.29) is 52.9 Å². The molecule has 0 radical (unpaired) electrons. The van der Waals surface area contributed by atoms with Crippen molar-refractivity contribution in [3.8, 4) is 0 Å². The van der Waals surface area contributed by atoms with Gasteiger partial charge in [0.05, 0.1) is 28.9 Å². The van der Waals surface area contributed by atoms with Gasteiger partial charge in [0, 0.05) is 87.6 Å². The van der Waals surface area contributed by atoms with Gasteiger partial charge in [-0.05, 0) is 101 Å². The number of halogens is 2. The van der Waals surface area contributed by atoms with E-state index >= 15 is 8.78 Å². The lowest BCUT2D eigenvalue weighted by molar-refractivity contribution is -0.136. The molecule has 2 spiro atoms. The van der Waals surface area contributed by atoms with Gasteiger partial charge in [-0.2, -0.15) is 0 Å². The van der Waals surface area contributed by atoms with E-state index in [1.807, 2.05) is 0 Å². The molecular formula is C49H61F2N11O5. The summed E-state index contributed by atoms with van der Waals surface area (Å²) in [6.07, 6.45) is 8.10. The summed E-state index contributed by atoms with van der Waals surface area (Å²) in [5.74, 6) is -1.47. The first kappa shape index (κ1) is 45.1. The van der Waals surface area contributed by atoms with Crippen LogP contribution in [-0.2, 0) is 20.9 Å². The van der Waals surface area contributed by atoms with Gasteiger partial charge in [-0.15, -0.1) is 0 Å². The molecule has 2 atom stereocenters. The number of piperazine rings is 1. The second-order valence-corrected chi connectivity index (χ2v) is 20.9. The Kier molecular flexibility index (Phi) is 11.9. The maximum Gasteiger partial charge on any atom is 0.264 e. The van der Waals surface area contributed by atoms with Crippen LogP contribution >= 0.6 is 0 Å². The Bertz CT molecular complexity index is 2470. The molecule has 7 aliphatic heterocycles. The van der Waals surface area contributed by atoms with Crippen molar-refractivity contribution in [2.24, 2.45) is 10.8 Å². The number of nitrogens with zero attached hydrogens (tertiary/aromatic N) is 8. The summed E-state index contributed by atoms with van der Waals surface area (Å²) in [6, 6.07) is 8.78. The van der Waals surface area contributed by atoms with Gasteiger partial charge in [0.1, 0.15) is 35.6 Å². The maximum absolute atomic E-state index is 15.8.